The molecular formula is C21H21N3O6. The maximum atomic E-state index is 13.0. The van der Waals surface area contributed by atoms with E-state index in [2.05, 4.69) is 10.6 Å². The average Bonchev–Trinajstić information content (AvgIpc) is 3.28. The Morgan fingerprint density at radius 2 is 1.90 bits per heavy atom. The van der Waals surface area contributed by atoms with Gasteiger partial charge in [-0.2, -0.15) is 0 Å². The summed E-state index contributed by atoms with van der Waals surface area (Å²) in [5.74, 6) is 0.753. The number of carbonyl (C=O) groups is 3. The van der Waals surface area contributed by atoms with E-state index in [1.54, 1.807) is 49.4 Å². The van der Waals surface area contributed by atoms with Crippen LogP contribution < -0.4 is 24.8 Å². The molecule has 2 aromatic rings. The van der Waals surface area contributed by atoms with Crippen molar-refractivity contribution >= 4 is 23.5 Å². The van der Waals surface area contributed by atoms with Crippen LogP contribution in [0, 0.1) is 0 Å². The van der Waals surface area contributed by atoms with E-state index in [0.717, 1.165) is 4.90 Å². The summed E-state index contributed by atoms with van der Waals surface area (Å²) in [6.07, 6.45) is 0. The van der Waals surface area contributed by atoms with Gasteiger partial charge >= 0.3 is 6.03 Å². The van der Waals surface area contributed by atoms with Crippen LogP contribution >= 0.6 is 0 Å². The summed E-state index contributed by atoms with van der Waals surface area (Å²) in [5.41, 5.74) is -0.231. The molecule has 156 valence electrons. The summed E-state index contributed by atoms with van der Waals surface area (Å²) >= 11 is 0. The van der Waals surface area contributed by atoms with Crippen LogP contribution in [-0.2, 0) is 15.1 Å². The Morgan fingerprint density at radius 3 is 2.63 bits per heavy atom. The van der Waals surface area contributed by atoms with Crippen molar-refractivity contribution in [2.45, 2.75) is 19.4 Å². The van der Waals surface area contributed by atoms with Crippen LogP contribution in [-0.4, -0.2) is 42.7 Å². The van der Waals surface area contributed by atoms with Crippen LogP contribution in [0.5, 0.6) is 17.2 Å². The minimum absolute atomic E-state index is 0.105. The van der Waals surface area contributed by atoms with Gasteiger partial charge in [-0.1, -0.05) is 6.07 Å². The van der Waals surface area contributed by atoms with Gasteiger partial charge in [0.05, 0.1) is 6.61 Å². The standard InChI is InChI=1S/C21H21N3O6/c1-3-28-15-7-5-14(6-8-15)22-18(25)11-24-19(26)21(2,23-20(24)27)13-4-9-16-17(10-13)30-12-29-16/h4-10H,3,11-12H2,1-2H3,(H,22,25)(H,23,27)/t21-/m0/s1. The summed E-state index contributed by atoms with van der Waals surface area (Å²) < 4.78 is 16.0. The fourth-order valence-corrected chi connectivity index (χ4v) is 3.39. The predicted molar refractivity (Wildman–Crippen MR) is 106 cm³/mol. The lowest BCUT2D eigenvalue weighted by molar-refractivity contribution is -0.133. The number of anilines is 1. The number of imide groups is 1. The summed E-state index contributed by atoms with van der Waals surface area (Å²) in [5, 5.41) is 5.35. The van der Waals surface area contributed by atoms with Gasteiger partial charge in [0.15, 0.2) is 11.5 Å². The van der Waals surface area contributed by atoms with Gasteiger partial charge in [0.25, 0.3) is 5.91 Å². The number of amides is 4. The highest BCUT2D eigenvalue weighted by atomic mass is 16.7. The Kier molecular flexibility index (Phi) is 4.94. The molecule has 0 radical (unpaired) electrons. The van der Waals surface area contributed by atoms with E-state index < -0.39 is 29.9 Å². The van der Waals surface area contributed by atoms with Gasteiger partial charge in [-0.3, -0.25) is 14.5 Å². The van der Waals surface area contributed by atoms with Crippen molar-refractivity contribution in [1.29, 1.82) is 0 Å². The molecule has 0 aliphatic carbocycles. The zero-order valence-electron chi connectivity index (χ0n) is 16.6. The monoisotopic (exact) mass is 411 g/mol. The summed E-state index contributed by atoms with van der Waals surface area (Å²) in [7, 11) is 0. The van der Waals surface area contributed by atoms with Crippen molar-refractivity contribution in [2.75, 3.05) is 25.3 Å². The fraction of sp³-hybridized carbons (Fsp3) is 0.286. The number of nitrogens with one attached hydrogen (secondary N) is 2. The van der Waals surface area contributed by atoms with Gasteiger partial charge in [0.1, 0.15) is 17.8 Å². The third-order valence-corrected chi connectivity index (χ3v) is 4.98. The normalized spacial score (nSPS) is 19.6. The molecule has 2 N–H and O–H groups in total. The first-order chi connectivity index (χ1) is 14.4. The van der Waals surface area contributed by atoms with E-state index in [4.69, 9.17) is 14.2 Å². The van der Waals surface area contributed by atoms with E-state index in [1.807, 2.05) is 6.92 Å². The highest BCUT2D eigenvalue weighted by Crippen LogP contribution is 2.37. The number of urea groups is 1. The lowest BCUT2D eigenvalue weighted by atomic mass is 9.91. The zero-order valence-corrected chi connectivity index (χ0v) is 16.6. The molecule has 30 heavy (non-hydrogen) atoms. The molecule has 2 heterocycles. The van der Waals surface area contributed by atoms with E-state index in [9.17, 15) is 14.4 Å². The van der Waals surface area contributed by atoms with Gasteiger partial charge in [-0.05, 0) is 55.8 Å². The molecule has 0 spiro atoms. The molecule has 2 aromatic carbocycles. The van der Waals surface area contributed by atoms with Crippen molar-refractivity contribution in [3.63, 3.8) is 0 Å². The molecule has 0 aromatic heterocycles. The van der Waals surface area contributed by atoms with Gasteiger partial charge in [0, 0.05) is 5.69 Å². The number of fused-ring (bicyclic) bond motifs is 1. The smallest absolute Gasteiger partial charge is 0.325 e. The summed E-state index contributed by atoms with van der Waals surface area (Å²) in [4.78, 5) is 38.8. The fourth-order valence-electron chi connectivity index (χ4n) is 3.39. The van der Waals surface area contributed by atoms with Crippen LogP contribution in [0.4, 0.5) is 10.5 Å². The second-order valence-electron chi connectivity index (χ2n) is 7.02. The minimum atomic E-state index is -1.31. The summed E-state index contributed by atoms with van der Waals surface area (Å²) in [6.45, 7) is 3.71. The maximum Gasteiger partial charge on any atom is 0.325 e. The molecule has 1 saturated heterocycles. The van der Waals surface area contributed by atoms with Gasteiger partial charge in [0.2, 0.25) is 12.7 Å². The van der Waals surface area contributed by atoms with E-state index in [0.29, 0.717) is 35.1 Å². The molecule has 1 fully saturated rings. The molecule has 2 aliphatic rings. The topological polar surface area (TPSA) is 106 Å². The third kappa shape index (κ3) is 3.49. The van der Waals surface area contributed by atoms with E-state index >= 15 is 0 Å². The zero-order chi connectivity index (χ0) is 21.3. The first kappa shape index (κ1) is 19.6. The second kappa shape index (κ2) is 7.58. The van der Waals surface area contributed by atoms with E-state index in [1.165, 1.54) is 0 Å². The number of nitrogens with zero attached hydrogens (tertiary/aromatic N) is 1. The molecule has 4 rings (SSSR count). The lowest BCUT2D eigenvalue weighted by Crippen LogP contribution is -2.42. The number of ether oxygens (including phenoxy) is 3. The molecule has 0 unspecified atom stereocenters. The maximum absolute atomic E-state index is 13.0. The molecule has 4 amide bonds. The van der Waals surface area contributed by atoms with Crippen molar-refractivity contribution in [1.82, 2.24) is 10.2 Å². The third-order valence-electron chi connectivity index (χ3n) is 4.98. The van der Waals surface area contributed by atoms with Crippen LogP contribution in [0.1, 0.15) is 19.4 Å². The van der Waals surface area contributed by atoms with Crippen molar-refractivity contribution in [2.24, 2.45) is 0 Å². The number of rotatable bonds is 6. The van der Waals surface area contributed by atoms with Crippen LogP contribution in [0.2, 0.25) is 0 Å². The molecule has 9 nitrogen and oxygen atoms in total. The van der Waals surface area contributed by atoms with Crippen LogP contribution in [0.15, 0.2) is 42.5 Å². The Labute approximate surface area is 172 Å². The SMILES string of the molecule is CCOc1ccc(NC(=O)CN2C(=O)N[C@@](C)(c3ccc4c(c3)OCO4)C2=O)cc1. The van der Waals surface area contributed by atoms with Crippen LogP contribution in [0.3, 0.4) is 0 Å². The highest BCUT2D eigenvalue weighted by molar-refractivity contribution is 6.10. The molecule has 9 heteroatoms. The number of hydrogen-bond acceptors (Lipinski definition) is 6. The largest absolute Gasteiger partial charge is 0.494 e. The number of hydrogen-bond donors (Lipinski definition) is 2. The Morgan fingerprint density at radius 1 is 1.17 bits per heavy atom. The van der Waals surface area contributed by atoms with Gasteiger partial charge < -0.3 is 24.8 Å². The second-order valence-corrected chi connectivity index (χ2v) is 7.02. The van der Waals surface area contributed by atoms with Gasteiger partial charge in [-0.25, -0.2) is 4.79 Å². The van der Waals surface area contributed by atoms with Gasteiger partial charge in [-0.15, -0.1) is 0 Å². The van der Waals surface area contributed by atoms with Crippen molar-refractivity contribution in [3.05, 3.63) is 48.0 Å². The molecule has 0 saturated carbocycles. The highest BCUT2D eigenvalue weighted by Gasteiger charge is 2.49. The average molecular weight is 411 g/mol. The summed E-state index contributed by atoms with van der Waals surface area (Å²) in [6, 6.07) is 11.2. The number of benzene rings is 2. The van der Waals surface area contributed by atoms with Crippen molar-refractivity contribution in [3.8, 4) is 17.2 Å². The first-order valence-electron chi connectivity index (χ1n) is 9.47. The van der Waals surface area contributed by atoms with Crippen molar-refractivity contribution < 1.29 is 28.6 Å². The van der Waals surface area contributed by atoms with Crippen LogP contribution in [0.25, 0.3) is 0 Å². The molecule has 1 atom stereocenters. The van der Waals surface area contributed by atoms with E-state index in [-0.39, 0.29) is 6.79 Å². The molecular weight excluding hydrogens is 390 g/mol. The Balaban J connectivity index is 1.45. The quantitative estimate of drug-likeness (QED) is 0.706. The Bertz CT molecular complexity index is 1010. The Hall–Kier alpha value is -3.75. The predicted octanol–water partition coefficient (Wildman–Crippen LogP) is 2.22. The minimum Gasteiger partial charge on any atom is -0.494 e. The molecule has 0 bridgehead atoms. The number of carbonyl (C=O) groups excluding carboxylic acids is 3. The first-order valence-corrected chi connectivity index (χ1v) is 9.47. The molecule has 2 aliphatic heterocycles. The lowest BCUT2D eigenvalue weighted by Gasteiger charge is -2.22.